The monoisotopic (exact) mass is 288 g/mol. The molecule has 1 N–H and O–H groups in total. The third kappa shape index (κ3) is 2.37. The van der Waals surface area contributed by atoms with Gasteiger partial charge in [-0.25, -0.2) is 0 Å². The van der Waals surface area contributed by atoms with E-state index in [9.17, 15) is 4.79 Å². The Labute approximate surface area is 125 Å². The zero-order valence-electron chi connectivity index (χ0n) is 12.6. The van der Waals surface area contributed by atoms with Crippen molar-refractivity contribution in [3.05, 3.63) is 11.9 Å². The minimum Gasteiger partial charge on any atom is -0.309 e. The number of nitrogens with one attached hydrogen (secondary N) is 1. The first-order valence-corrected chi connectivity index (χ1v) is 8.40. The zero-order valence-corrected chi connectivity index (χ0v) is 12.6. The second-order valence-electron chi connectivity index (χ2n) is 6.77. The van der Waals surface area contributed by atoms with E-state index in [4.69, 9.17) is 0 Å². The van der Waals surface area contributed by atoms with Crippen LogP contribution in [0.1, 0.15) is 44.2 Å². The Balaban J connectivity index is 1.37. The van der Waals surface area contributed by atoms with Gasteiger partial charge < -0.3 is 4.90 Å². The lowest BCUT2D eigenvalue weighted by Crippen LogP contribution is -2.58. The fourth-order valence-corrected chi connectivity index (χ4v) is 4.12. The van der Waals surface area contributed by atoms with Gasteiger partial charge in [0, 0.05) is 25.7 Å². The molecule has 2 fully saturated rings. The molecule has 0 radical (unpaired) electrons. The second-order valence-corrected chi connectivity index (χ2v) is 6.77. The summed E-state index contributed by atoms with van der Waals surface area (Å²) in [7, 11) is 0. The smallest absolute Gasteiger partial charge is 0.232 e. The molecule has 1 saturated carbocycles. The maximum Gasteiger partial charge on any atom is 0.232 e. The van der Waals surface area contributed by atoms with E-state index >= 15 is 0 Å². The molecule has 0 atom stereocenters. The number of carbonyl (C=O) groups is 1. The largest absolute Gasteiger partial charge is 0.309 e. The van der Waals surface area contributed by atoms with Gasteiger partial charge in [0.15, 0.2) is 0 Å². The molecule has 5 heteroatoms. The van der Waals surface area contributed by atoms with E-state index in [1.54, 1.807) is 0 Å². The fourth-order valence-electron chi connectivity index (χ4n) is 4.12. The topological polar surface area (TPSA) is 52.2 Å². The van der Waals surface area contributed by atoms with Crippen molar-refractivity contribution >= 4 is 11.6 Å². The summed E-state index contributed by atoms with van der Waals surface area (Å²) in [5.41, 5.74) is 2.14. The third-order valence-corrected chi connectivity index (χ3v) is 5.41. The van der Waals surface area contributed by atoms with Gasteiger partial charge in [-0.05, 0) is 25.7 Å². The number of rotatable bonds is 2. The first-order chi connectivity index (χ1) is 10.3. The number of aromatic amines is 1. The Kier molecular flexibility index (Phi) is 3.45. The number of aromatic nitrogens is 2. The highest BCUT2D eigenvalue weighted by atomic mass is 16.2. The Morgan fingerprint density at radius 3 is 2.81 bits per heavy atom. The summed E-state index contributed by atoms with van der Waals surface area (Å²) in [6.07, 6.45) is 10.6. The van der Waals surface area contributed by atoms with E-state index in [1.807, 2.05) is 11.1 Å². The zero-order chi connectivity index (χ0) is 14.2. The van der Waals surface area contributed by atoms with Gasteiger partial charge in [0.25, 0.3) is 0 Å². The van der Waals surface area contributed by atoms with Crippen LogP contribution in [0.25, 0.3) is 0 Å². The number of fused-ring (bicyclic) bond motifs is 1. The Bertz CT molecular complexity index is 514. The summed E-state index contributed by atoms with van der Waals surface area (Å²) in [5.74, 6) is 0.511. The van der Waals surface area contributed by atoms with Crippen molar-refractivity contribution in [2.45, 2.75) is 51.0 Å². The number of hydrogen-bond donors (Lipinski definition) is 1. The molecule has 1 aromatic rings. The third-order valence-electron chi connectivity index (χ3n) is 5.41. The minimum atomic E-state index is 0.202. The fraction of sp³-hybridized carbons (Fsp3) is 0.750. The SMILES string of the molecule is O=C(C1CN(C2CCCCC2)C1)N1CCCc2[nH]ncc21. The van der Waals surface area contributed by atoms with Gasteiger partial charge in [-0.3, -0.25) is 14.8 Å². The standard InChI is InChI=1S/C16H24N4O/c21-16(20-8-4-7-14-15(20)9-17-18-14)12-10-19(11-12)13-5-2-1-3-6-13/h9,12-13H,1-8,10-11H2,(H,17,18). The molecular formula is C16H24N4O. The van der Waals surface area contributed by atoms with Gasteiger partial charge in [-0.15, -0.1) is 0 Å². The molecule has 4 rings (SSSR count). The van der Waals surface area contributed by atoms with Crippen LogP contribution in [0.3, 0.4) is 0 Å². The molecule has 3 aliphatic rings. The van der Waals surface area contributed by atoms with E-state index in [1.165, 1.54) is 32.1 Å². The van der Waals surface area contributed by atoms with Crippen LogP contribution in [0.5, 0.6) is 0 Å². The van der Waals surface area contributed by atoms with Crippen molar-refractivity contribution in [1.29, 1.82) is 0 Å². The van der Waals surface area contributed by atoms with Gasteiger partial charge in [0.2, 0.25) is 5.91 Å². The molecule has 3 heterocycles. The first-order valence-electron chi connectivity index (χ1n) is 8.40. The van der Waals surface area contributed by atoms with E-state index in [0.29, 0.717) is 5.91 Å². The van der Waals surface area contributed by atoms with Gasteiger partial charge in [0.05, 0.1) is 23.5 Å². The molecule has 1 saturated heterocycles. The average Bonchev–Trinajstić information content (AvgIpc) is 2.95. The number of H-pyrrole nitrogens is 1. The Morgan fingerprint density at radius 1 is 1.19 bits per heavy atom. The van der Waals surface area contributed by atoms with Crippen LogP contribution in [0.15, 0.2) is 6.20 Å². The summed E-state index contributed by atoms with van der Waals surface area (Å²) >= 11 is 0. The van der Waals surface area contributed by atoms with Crippen molar-refractivity contribution in [2.75, 3.05) is 24.5 Å². The lowest BCUT2D eigenvalue weighted by atomic mass is 9.88. The van der Waals surface area contributed by atoms with Gasteiger partial charge in [-0.2, -0.15) is 5.10 Å². The van der Waals surface area contributed by atoms with Gasteiger partial charge >= 0.3 is 0 Å². The van der Waals surface area contributed by atoms with Crippen molar-refractivity contribution in [2.24, 2.45) is 5.92 Å². The van der Waals surface area contributed by atoms with E-state index in [0.717, 1.165) is 49.9 Å². The molecule has 0 unspecified atom stereocenters. The minimum absolute atomic E-state index is 0.202. The van der Waals surface area contributed by atoms with Gasteiger partial charge in [-0.1, -0.05) is 19.3 Å². The lowest BCUT2D eigenvalue weighted by molar-refractivity contribution is -0.129. The molecule has 114 valence electrons. The summed E-state index contributed by atoms with van der Waals surface area (Å²) in [4.78, 5) is 17.2. The number of nitrogens with zero attached hydrogens (tertiary/aromatic N) is 3. The number of anilines is 1. The summed E-state index contributed by atoms with van der Waals surface area (Å²) < 4.78 is 0. The van der Waals surface area contributed by atoms with Crippen molar-refractivity contribution in [1.82, 2.24) is 15.1 Å². The van der Waals surface area contributed by atoms with Crippen molar-refractivity contribution in [3.8, 4) is 0 Å². The summed E-state index contributed by atoms with van der Waals surface area (Å²) in [6.45, 7) is 2.78. The van der Waals surface area contributed by atoms with Crippen molar-refractivity contribution in [3.63, 3.8) is 0 Å². The molecule has 2 aliphatic heterocycles. The normalized spacial score (nSPS) is 24.7. The van der Waals surface area contributed by atoms with Crippen LogP contribution in [-0.2, 0) is 11.2 Å². The quantitative estimate of drug-likeness (QED) is 0.905. The summed E-state index contributed by atoms with van der Waals surface area (Å²) in [6, 6.07) is 0.744. The molecule has 0 aromatic carbocycles. The predicted molar refractivity (Wildman–Crippen MR) is 81.2 cm³/mol. The van der Waals surface area contributed by atoms with Crippen LogP contribution in [0.2, 0.25) is 0 Å². The molecule has 5 nitrogen and oxygen atoms in total. The number of likely N-dealkylation sites (tertiary alicyclic amines) is 1. The van der Waals surface area contributed by atoms with Gasteiger partial charge in [0.1, 0.15) is 0 Å². The highest BCUT2D eigenvalue weighted by molar-refractivity contribution is 5.96. The van der Waals surface area contributed by atoms with E-state index < -0.39 is 0 Å². The molecule has 0 spiro atoms. The van der Waals surface area contributed by atoms with E-state index in [2.05, 4.69) is 15.1 Å². The molecule has 0 bridgehead atoms. The lowest BCUT2D eigenvalue weighted by Gasteiger charge is -2.46. The maximum absolute atomic E-state index is 12.7. The highest BCUT2D eigenvalue weighted by Gasteiger charge is 2.40. The first kappa shape index (κ1) is 13.3. The molecule has 1 amide bonds. The summed E-state index contributed by atoms with van der Waals surface area (Å²) in [5, 5.41) is 7.12. The Morgan fingerprint density at radius 2 is 2.00 bits per heavy atom. The van der Waals surface area contributed by atoms with Crippen LogP contribution in [0, 0.1) is 5.92 Å². The molecule has 21 heavy (non-hydrogen) atoms. The van der Waals surface area contributed by atoms with Crippen LogP contribution >= 0.6 is 0 Å². The van der Waals surface area contributed by atoms with Crippen molar-refractivity contribution < 1.29 is 4.79 Å². The molecule has 1 aromatic heterocycles. The predicted octanol–water partition coefficient (Wildman–Crippen LogP) is 1.95. The van der Waals surface area contributed by atoms with E-state index in [-0.39, 0.29) is 5.92 Å². The second kappa shape index (κ2) is 5.44. The average molecular weight is 288 g/mol. The number of amides is 1. The molecule has 1 aliphatic carbocycles. The number of hydrogen-bond acceptors (Lipinski definition) is 3. The number of aryl methyl sites for hydroxylation is 1. The van der Waals surface area contributed by atoms with Crippen LogP contribution < -0.4 is 4.90 Å². The highest BCUT2D eigenvalue weighted by Crippen LogP contribution is 2.32. The number of carbonyl (C=O) groups excluding carboxylic acids is 1. The maximum atomic E-state index is 12.7. The Hall–Kier alpha value is -1.36. The van der Waals surface area contributed by atoms with Crippen LogP contribution in [-0.4, -0.2) is 46.7 Å². The molecular weight excluding hydrogens is 264 g/mol. The van der Waals surface area contributed by atoms with Crippen LogP contribution in [0.4, 0.5) is 5.69 Å².